The van der Waals surface area contributed by atoms with E-state index in [0.717, 1.165) is 32.1 Å². The number of rotatable bonds is 14. The highest BCUT2D eigenvalue weighted by molar-refractivity contribution is 6.38. The molecule has 0 bridgehead atoms. The SMILES string of the molecule is C=CCCC(NC(=O)[C@@H]1[C@@H]2[C@H](CN1C(=O)[C@@H](NC(=O)NCC=C)C1CCCCC1)C2(C)C)C(=O)C(=O)NCC=C. The Labute approximate surface area is 237 Å². The first kappa shape index (κ1) is 31.1. The molecular weight excluding hydrogens is 510 g/mol. The molecule has 2 aliphatic carbocycles. The summed E-state index contributed by atoms with van der Waals surface area (Å²) in [6, 6.07) is -3.06. The van der Waals surface area contributed by atoms with Crippen molar-refractivity contribution in [3.8, 4) is 0 Å². The first-order chi connectivity index (χ1) is 19.1. The van der Waals surface area contributed by atoms with Crippen LogP contribution >= 0.6 is 0 Å². The molecule has 0 spiro atoms. The maximum atomic E-state index is 14.1. The summed E-state index contributed by atoms with van der Waals surface area (Å²) in [5.41, 5.74) is -0.143. The van der Waals surface area contributed by atoms with Gasteiger partial charge in [0.2, 0.25) is 17.6 Å². The minimum atomic E-state index is -1.05. The standard InChI is InChI=1S/C30H45N5O5/c1-6-9-15-21(25(36)27(38)31-16-7-2)33-26(37)24-22-20(30(22,4)5)18-35(24)28(39)23(19-13-11-10-12-14-19)34-29(40)32-17-8-3/h6-8,19-24H,1-3,9-18H2,4-5H3,(H,31,38)(H,33,37)(H2,32,34,40)/t20-,21?,22-,23-,24-/m0/s1. The number of ketones is 1. The molecule has 1 unspecified atom stereocenters. The minimum absolute atomic E-state index is 0.0279. The zero-order valence-electron chi connectivity index (χ0n) is 23.9. The number of nitrogens with one attached hydrogen (secondary N) is 4. The topological polar surface area (TPSA) is 137 Å². The zero-order chi connectivity index (χ0) is 29.4. The van der Waals surface area contributed by atoms with Crippen LogP contribution < -0.4 is 21.3 Å². The monoisotopic (exact) mass is 555 g/mol. The van der Waals surface area contributed by atoms with E-state index in [1.165, 1.54) is 6.08 Å². The third-order valence-corrected chi connectivity index (χ3v) is 8.76. The van der Waals surface area contributed by atoms with Crippen molar-refractivity contribution in [3.05, 3.63) is 38.0 Å². The lowest BCUT2D eigenvalue weighted by molar-refractivity contribution is -0.144. The summed E-state index contributed by atoms with van der Waals surface area (Å²) in [5.74, 6) is -2.26. The molecule has 40 heavy (non-hydrogen) atoms. The Kier molecular flexibility index (Phi) is 10.7. The lowest BCUT2D eigenvalue weighted by Gasteiger charge is -2.37. The first-order valence-electron chi connectivity index (χ1n) is 14.4. The molecule has 0 radical (unpaired) electrons. The van der Waals surface area contributed by atoms with E-state index in [1.54, 1.807) is 17.1 Å². The Balaban J connectivity index is 1.83. The van der Waals surface area contributed by atoms with Gasteiger partial charge in [-0.15, -0.1) is 19.7 Å². The van der Waals surface area contributed by atoms with Crippen LogP contribution in [-0.4, -0.2) is 72.2 Å². The summed E-state index contributed by atoms with van der Waals surface area (Å²) < 4.78 is 0. The first-order valence-corrected chi connectivity index (χ1v) is 14.4. The van der Waals surface area contributed by atoms with E-state index in [2.05, 4.69) is 54.9 Å². The average Bonchev–Trinajstić information content (AvgIpc) is 3.26. The molecule has 3 fully saturated rings. The molecule has 0 aromatic carbocycles. The van der Waals surface area contributed by atoms with Crippen LogP contribution in [0.1, 0.15) is 58.8 Å². The number of Topliss-reactive ketones (excluding diaryl/α,β-unsaturated/α-hetero) is 1. The van der Waals surface area contributed by atoms with E-state index in [-0.39, 0.29) is 48.6 Å². The normalized spacial score (nSPS) is 24.4. The van der Waals surface area contributed by atoms with Crippen molar-refractivity contribution >= 4 is 29.5 Å². The third-order valence-electron chi connectivity index (χ3n) is 8.76. The highest BCUT2D eigenvalue weighted by Gasteiger charge is 2.69. The van der Waals surface area contributed by atoms with Crippen molar-refractivity contribution in [1.29, 1.82) is 0 Å². The van der Waals surface area contributed by atoms with Gasteiger partial charge < -0.3 is 26.2 Å². The molecule has 3 rings (SSSR count). The minimum Gasteiger partial charge on any atom is -0.346 e. The Bertz CT molecular complexity index is 1020. The van der Waals surface area contributed by atoms with Crippen LogP contribution in [0.15, 0.2) is 38.0 Å². The Morgan fingerprint density at radius 1 is 0.925 bits per heavy atom. The molecule has 10 heteroatoms. The second kappa shape index (κ2) is 13.8. The number of nitrogens with zero attached hydrogens (tertiary/aromatic N) is 1. The second-order valence-corrected chi connectivity index (χ2v) is 11.7. The number of piperidine rings is 1. The molecule has 5 atom stereocenters. The number of urea groups is 1. The Morgan fingerprint density at radius 2 is 1.57 bits per heavy atom. The molecular formula is C30H45N5O5. The predicted octanol–water partition coefficient (Wildman–Crippen LogP) is 2.23. The lowest BCUT2D eigenvalue weighted by Crippen LogP contribution is -2.60. The highest BCUT2D eigenvalue weighted by atomic mass is 16.2. The molecule has 2 saturated carbocycles. The molecule has 4 N–H and O–H groups in total. The lowest BCUT2D eigenvalue weighted by atomic mass is 9.83. The highest BCUT2D eigenvalue weighted by Crippen LogP contribution is 2.65. The summed E-state index contributed by atoms with van der Waals surface area (Å²) in [7, 11) is 0. The van der Waals surface area contributed by atoms with Crippen LogP contribution in [0, 0.1) is 23.2 Å². The van der Waals surface area contributed by atoms with Crippen LogP contribution in [0.3, 0.4) is 0 Å². The summed E-state index contributed by atoms with van der Waals surface area (Å²) in [6.45, 7) is 15.8. The van der Waals surface area contributed by atoms with Gasteiger partial charge in [0.05, 0.1) is 6.04 Å². The van der Waals surface area contributed by atoms with Crippen molar-refractivity contribution in [2.75, 3.05) is 19.6 Å². The fourth-order valence-corrected chi connectivity index (χ4v) is 6.42. The molecule has 1 heterocycles. The second-order valence-electron chi connectivity index (χ2n) is 11.7. The van der Waals surface area contributed by atoms with E-state index in [9.17, 15) is 24.0 Å². The molecule has 1 saturated heterocycles. The Hall–Kier alpha value is -3.43. The van der Waals surface area contributed by atoms with Gasteiger partial charge in [0.25, 0.3) is 5.91 Å². The van der Waals surface area contributed by atoms with Gasteiger partial charge in [-0.25, -0.2) is 4.79 Å². The van der Waals surface area contributed by atoms with Crippen LogP contribution in [-0.2, 0) is 19.2 Å². The summed E-state index contributed by atoms with van der Waals surface area (Å²) in [6.07, 6.45) is 9.97. The van der Waals surface area contributed by atoms with Crippen LogP contribution in [0.4, 0.5) is 4.79 Å². The average molecular weight is 556 g/mol. The number of likely N-dealkylation sites (tertiary alicyclic amines) is 1. The summed E-state index contributed by atoms with van der Waals surface area (Å²) in [4.78, 5) is 67.4. The number of hydrogen-bond acceptors (Lipinski definition) is 5. The molecule has 5 amide bonds. The third kappa shape index (κ3) is 7.01. The number of allylic oxidation sites excluding steroid dienone is 1. The van der Waals surface area contributed by atoms with Crippen molar-refractivity contribution < 1.29 is 24.0 Å². The molecule has 1 aliphatic heterocycles. The van der Waals surface area contributed by atoms with Crippen LogP contribution in [0.25, 0.3) is 0 Å². The smallest absolute Gasteiger partial charge is 0.315 e. The van der Waals surface area contributed by atoms with Gasteiger partial charge >= 0.3 is 6.03 Å². The number of fused-ring (bicyclic) bond motifs is 1. The van der Waals surface area contributed by atoms with Crippen LogP contribution in [0.2, 0.25) is 0 Å². The van der Waals surface area contributed by atoms with Gasteiger partial charge in [0, 0.05) is 19.6 Å². The van der Waals surface area contributed by atoms with E-state index in [0.29, 0.717) is 13.0 Å². The molecule has 10 nitrogen and oxygen atoms in total. The van der Waals surface area contributed by atoms with Crippen molar-refractivity contribution in [3.63, 3.8) is 0 Å². The molecule has 220 valence electrons. The zero-order valence-corrected chi connectivity index (χ0v) is 23.9. The quantitative estimate of drug-likeness (QED) is 0.192. The fraction of sp³-hybridized carbons (Fsp3) is 0.633. The number of carbonyl (C=O) groups is 5. The van der Waals surface area contributed by atoms with Gasteiger partial charge in [0.1, 0.15) is 12.1 Å². The molecule has 0 aromatic rings. The summed E-state index contributed by atoms with van der Waals surface area (Å²) >= 11 is 0. The molecule has 3 aliphatic rings. The Morgan fingerprint density at radius 3 is 2.20 bits per heavy atom. The van der Waals surface area contributed by atoms with Gasteiger partial charge in [-0.2, -0.15) is 0 Å². The largest absolute Gasteiger partial charge is 0.346 e. The number of carbonyl (C=O) groups excluding carboxylic acids is 5. The van der Waals surface area contributed by atoms with Gasteiger partial charge in [-0.3, -0.25) is 19.2 Å². The van der Waals surface area contributed by atoms with E-state index >= 15 is 0 Å². The van der Waals surface area contributed by atoms with E-state index in [1.807, 2.05) is 0 Å². The predicted molar refractivity (Wildman–Crippen MR) is 153 cm³/mol. The van der Waals surface area contributed by atoms with Crippen LogP contribution in [0.5, 0.6) is 0 Å². The molecule has 0 aromatic heterocycles. The van der Waals surface area contributed by atoms with E-state index < -0.39 is 41.8 Å². The summed E-state index contributed by atoms with van der Waals surface area (Å²) in [5, 5.41) is 10.8. The number of hydrogen-bond donors (Lipinski definition) is 4. The number of amides is 5. The van der Waals surface area contributed by atoms with Gasteiger partial charge in [0.15, 0.2) is 0 Å². The fourth-order valence-electron chi connectivity index (χ4n) is 6.42. The van der Waals surface area contributed by atoms with Crippen molar-refractivity contribution in [2.45, 2.75) is 76.9 Å². The van der Waals surface area contributed by atoms with Crippen molar-refractivity contribution in [2.24, 2.45) is 23.2 Å². The van der Waals surface area contributed by atoms with Crippen molar-refractivity contribution in [1.82, 2.24) is 26.2 Å². The maximum Gasteiger partial charge on any atom is 0.315 e. The van der Waals surface area contributed by atoms with Gasteiger partial charge in [-0.05, 0) is 48.9 Å². The maximum absolute atomic E-state index is 14.1. The van der Waals surface area contributed by atoms with E-state index in [4.69, 9.17) is 0 Å². The van der Waals surface area contributed by atoms with Gasteiger partial charge in [-0.1, -0.05) is 51.3 Å².